The molecule has 0 radical (unpaired) electrons. The number of carboxylic acids is 1. The number of aliphatic hydroxyl groups excluding tert-OH is 11. The molecule has 0 aromatic heterocycles. The van der Waals surface area contributed by atoms with E-state index in [9.17, 15) is 66.1 Å². The summed E-state index contributed by atoms with van der Waals surface area (Å²) in [6.07, 6.45) is -15.6. The van der Waals surface area contributed by atoms with E-state index in [1.54, 1.807) is 0 Å². The van der Waals surface area contributed by atoms with Gasteiger partial charge in [-0.3, -0.25) is 4.79 Å². The first-order valence-electron chi connectivity index (χ1n) is 24.0. The van der Waals surface area contributed by atoms with Crippen molar-refractivity contribution in [3.8, 4) is 0 Å². The highest BCUT2D eigenvalue weighted by molar-refractivity contribution is 5.77. The lowest BCUT2D eigenvalue weighted by Crippen LogP contribution is -2.67. The zero-order chi connectivity index (χ0) is 48.3. The number of aliphatic hydroxyl groups is 11. The van der Waals surface area contributed by atoms with E-state index in [0.717, 1.165) is 24.8 Å². The number of hydrogen-bond donors (Lipinski definition) is 12. The van der Waals surface area contributed by atoms with E-state index in [1.165, 1.54) is 0 Å². The lowest BCUT2D eigenvalue weighted by molar-refractivity contribution is -0.377. The van der Waals surface area contributed by atoms with E-state index in [2.05, 4.69) is 26.8 Å². The summed E-state index contributed by atoms with van der Waals surface area (Å²) in [4.78, 5) is 13.9. The molecule has 19 nitrogen and oxygen atoms in total. The molecule has 0 aromatic rings. The normalized spacial score (nSPS) is 54.8. The van der Waals surface area contributed by atoms with Crippen LogP contribution in [0.25, 0.3) is 0 Å². The Morgan fingerprint density at radius 1 is 0.667 bits per heavy atom. The van der Waals surface area contributed by atoms with Crippen LogP contribution in [-0.2, 0) is 33.2 Å². The maximum Gasteiger partial charge on any atom is 0.310 e. The molecule has 5 aliphatic carbocycles. The van der Waals surface area contributed by atoms with E-state index in [0.29, 0.717) is 32.1 Å². The van der Waals surface area contributed by atoms with Gasteiger partial charge in [-0.05, 0) is 97.2 Å². The quantitative estimate of drug-likeness (QED) is 0.0951. The average Bonchev–Trinajstić information content (AvgIpc) is 3.27. The van der Waals surface area contributed by atoms with E-state index in [1.807, 2.05) is 20.8 Å². The van der Waals surface area contributed by atoms with Crippen LogP contribution in [-0.4, -0.2) is 192 Å². The van der Waals surface area contributed by atoms with Gasteiger partial charge in [-0.25, -0.2) is 0 Å². The van der Waals surface area contributed by atoms with Crippen LogP contribution in [0, 0.1) is 50.2 Å². The topological polar surface area (TPSA) is 315 Å². The monoisotopic (exact) mass is 944 g/mol. The zero-order valence-corrected chi connectivity index (χ0v) is 39.0. The lowest BCUT2D eigenvalue weighted by atomic mass is 9.33. The van der Waals surface area contributed by atoms with Gasteiger partial charge < -0.3 is 89.7 Å². The molecule has 7 fully saturated rings. The number of allylic oxidation sites excluding steroid dienone is 2. The molecule has 19 heteroatoms. The Morgan fingerprint density at radius 2 is 1.29 bits per heavy atom. The molecule has 0 spiro atoms. The predicted molar refractivity (Wildman–Crippen MR) is 227 cm³/mol. The molecule has 4 saturated carbocycles. The molecule has 0 amide bonds. The summed E-state index contributed by atoms with van der Waals surface area (Å²) in [5, 5.41) is 128. The molecular weight excluding hydrogens is 868 g/mol. The highest BCUT2D eigenvalue weighted by Gasteiger charge is 2.71. The minimum Gasteiger partial charge on any atom is -0.481 e. The van der Waals surface area contributed by atoms with E-state index in [4.69, 9.17) is 28.4 Å². The second kappa shape index (κ2) is 18.0. The van der Waals surface area contributed by atoms with E-state index < -0.39 is 134 Å². The number of fused-ring (bicyclic) bond motifs is 7. The molecule has 0 bridgehead atoms. The fourth-order valence-electron chi connectivity index (χ4n) is 14.9. The van der Waals surface area contributed by atoms with Crippen LogP contribution in [0.3, 0.4) is 0 Å². The Hall–Kier alpha value is -1.47. The summed E-state index contributed by atoms with van der Waals surface area (Å²) < 4.78 is 36.3. The van der Waals surface area contributed by atoms with Gasteiger partial charge in [0.15, 0.2) is 18.9 Å². The highest BCUT2D eigenvalue weighted by Crippen LogP contribution is 2.76. The minimum atomic E-state index is -1.85. The van der Waals surface area contributed by atoms with Gasteiger partial charge in [0.1, 0.15) is 67.1 Å². The molecule has 0 unspecified atom stereocenters. The van der Waals surface area contributed by atoms with Crippen molar-refractivity contribution in [1.82, 2.24) is 0 Å². The maximum absolute atomic E-state index is 13.9. The van der Waals surface area contributed by atoms with Gasteiger partial charge >= 0.3 is 5.97 Å². The molecule has 3 heterocycles. The highest BCUT2D eigenvalue weighted by atomic mass is 16.8. The van der Waals surface area contributed by atoms with Crippen LogP contribution in [0.5, 0.6) is 0 Å². The fourth-order valence-corrected chi connectivity index (χ4v) is 14.9. The van der Waals surface area contributed by atoms with Crippen LogP contribution in [0.1, 0.15) is 99.3 Å². The number of carboxylic acid groups (broad SMARTS) is 1. The Kier molecular flexibility index (Phi) is 13.9. The zero-order valence-electron chi connectivity index (χ0n) is 39.0. The third-order valence-corrected chi connectivity index (χ3v) is 19.3. The number of hydrogen-bond acceptors (Lipinski definition) is 18. The van der Waals surface area contributed by atoms with Crippen LogP contribution < -0.4 is 0 Å². The van der Waals surface area contributed by atoms with Crippen molar-refractivity contribution in [2.45, 2.75) is 198 Å². The third-order valence-electron chi connectivity index (χ3n) is 19.3. The average molecular weight is 945 g/mol. The molecular formula is C47H76O19. The summed E-state index contributed by atoms with van der Waals surface area (Å²) >= 11 is 0. The first kappa shape index (κ1) is 50.9. The van der Waals surface area contributed by atoms with Gasteiger partial charge in [0.2, 0.25) is 0 Å². The Labute approximate surface area is 385 Å². The molecule has 3 saturated heterocycles. The van der Waals surface area contributed by atoms with E-state index in [-0.39, 0.29) is 53.6 Å². The number of ether oxygens (including phenoxy) is 6. The van der Waals surface area contributed by atoms with Crippen molar-refractivity contribution in [1.29, 1.82) is 0 Å². The predicted octanol–water partition coefficient (Wildman–Crippen LogP) is -0.711. The second-order valence-corrected chi connectivity index (χ2v) is 22.9. The molecule has 8 rings (SSSR count). The van der Waals surface area contributed by atoms with Gasteiger partial charge in [0.25, 0.3) is 0 Å². The largest absolute Gasteiger partial charge is 0.481 e. The summed E-state index contributed by atoms with van der Waals surface area (Å²) in [5.74, 6) is -1.14. The number of aliphatic carboxylic acids is 1. The van der Waals surface area contributed by atoms with Crippen molar-refractivity contribution in [2.24, 2.45) is 50.2 Å². The van der Waals surface area contributed by atoms with Crippen molar-refractivity contribution in [3.05, 3.63) is 11.6 Å². The smallest absolute Gasteiger partial charge is 0.310 e. The van der Waals surface area contributed by atoms with Crippen LogP contribution in [0.15, 0.2) is 11.6 Å². The van der Waals surface area contributed by atoms with Crippen LogP contribution >= 0.6 is 0 Å². The van der Waals surface area contributed by atoms with Crippen molar-refractivity contribution >= 4 is 5.97 Å². The molecule has 3 aliphatic heterocycles. The molecule has 12 N–H and O–H groups in total. The van der Waals surface area contributed by atoms with Gasteiger partial charge in [0.05, 0.1) is 44.1 Å². The summed E-state index contributed by atoms with van der Waals surface area (Å²) in [6.45, 7) is 11.2. The summed E-state index contributed by atoms with van der Waals surface area (Å²) in [7, 11) is 0. The van der Waals surface area contributed by atoms with Crippen LogP contribution in [0.2, 0.25) is 0 Å². The Bertz CT molecular complexity index is 1800. The van der Waals surface area contributed by atoms with Gasteiger partial charge in [-0.15, -0.1) is 0 Å². The molecule has 378 valence electrons. The summed E-state index contributed by atoms with van der Waals surface area (Å²) in [6, 6.07) is 0. The first-order valence-corrected chi connectivity index (χ1v) is 24.0. The SMILES string of the molecule is CC1(C)C[C@H]2C3=CC[C@@H]4[C@@]5(C)CC[C@H](O[C@@H]6OC[C@@H](O)[C@H](O)[C@H]6O)[C@@](C)(CO)[C@@H]5CC[C@@]4(C)[C@]3(C)CC[C@@]2(C(=O)O)C[C@@H]1O[C@@H]1O[C@H](CO)[C@@H](O)[C@H](O)[C@H]1O[C@@H]1O[C@H](CO)[C@@H](O)[C@H](O)[C@H]1O. The maximum atomic E-state index is 13.9. The first-order chi connectivity index (χ1) is 30.9. The molecule has 24 atom stereocenters. The van der Waals surface area contributed by atoms with Gasteiger partial charge in [-0.1, -0.05) is 53.2 Å². The Balaban J connectivity index is 1.05. The second-order valence-electron chi connectivity index (χ2n) is 22.9. The standard InChI is InChI=1S/C47H76O19/c1-42(2)15-22-21-7-8-27-43(3)11-10-28(64-38-35(57)30(52)23(51)19-61-38)44(4,20-50)26(43)9-12-46(27,6)45(21,5)13-14-47(22,41(59)60)16-29(42)65-40-37(34(56)32(54)25(18-49)63-40)66-39-36(58)33(55)31(53)24(17-48)62-39/h7,22-40,48-58H,8-20H2,1-6H3,(H,59,60)/t22-,23+,24+,25+,26+,27+,28-,29-,30-,31+,32+,33-,34-,35+,36+,37+,38-,39-,40-,43-,44-,45+,46+,47+/m0/s1. The third kappa shape index (κ3) is 7.68. The summed E-state index contributed by atoms with van der Waals surface area (Å²) in [5.41, 5.74) is -2.47. The minimum absolute atomic E-state index is 0.0235. The van der Waals surface area contributed by atoms with Crippen molar-refractivity contribution < 1.29 is 94.5 Å². The van der Waals surface area contributed by atoms with Gasteiger partial charge in [0, 0.05) is 5.41 Å². The van der Waals surface area contributed by atoms with Crippen LogP contribution in [0.4, 0.5) is 0 Å². The van der Waals surface area contributed by atoms with E-state index >= 15 is 0 Å². The Morgan fingerprint density at radius 3 is 1.92 bits per heavy atom. The lowest BCUT2D eigenvalue weighted by Gasteiger charge is -2.71. The van der Waals surface area contributed by atoms with Gasteiger partial charge in [-0.2, -0.15) is 0 Å². The van der Waals surface area contributed by atoms with Crippen molar-refractivity contribution in [3.63, 3.8) is 0 Å². The fraction of sp³-hybridized carbons (Fsp3) is 0.936. The molecule has 8 aliphatic rings. The molecule has 0 aromatic carbocycles. The number of carbonyl (C=O) groups is 1. The van der Waals surface area contributed by atoms with Crippen molar-refractivity contribution in [2.75, 3.05) is 26.4 Å². The number of rotatable bonds is 10. The molecule has 66 heavy (non-hydrogen) atoms.